The highest BCUT2D eigenvalue weighted by atomic mass is 16.5. The van der Waals surface area contributed by atoms with Crippen LogP contribution in [-0.4, -0.2) is 72.8 Å². The van der Waals surface area contributed by atoms with Gasteiger partial charge in [0.2, 0.25) is 0 Å². The number of nitrogens with zero attached hydrogens (tertiary/aromatic N) is 3. The zero-order valence-corrected chi connectivity index (χ0v) is 13.2. The van der Waals surface area contributed by atoms with Crippen LogP contribution in [0.15, 0.2) is 5.16 Å². The van der Waals surface area contributed by atoms with Crippen molar-refractivity contribution < 1.29 is 9.94 Å². The Kier molecular flexibility index (Phi) is 6.73. The lowest BCUT2D eigenvalue weighted by Gasteiger charge is -2.40. The molecule has 2 fully saturated rings. The maximum absolute atomic E-state index is 8.94. The number of rotatable bonds is 6. The van der Waals surface area contributed by atoms with Crippen molar-refractivity contribution in [3.8, 4) is 0 Å². The Morgan fingerprint density at radius 1 is 1.29 bits per heavy atom. The summed E-state index contributed by atoms with van der Waals surface area (Å²) in [4.78, 5) is 4.92. The molecule has 2 aliphatic heterocycles. The molecular weight excluding hydrogens is 268 g/mol. The smallest absolute Gasteiger partial charge is 0.156 e. The highest BCUT2D eigenvalue weighted by Gasteiger charge is 2.27. The predicted molar refractivity (Wildman–Crippen MR) is 83.7 cm³/mol. The van der Waals surface area contributed by atoms with E-state index in [2.05, 4.69) is 21.9 Å². The maximum atomic E-state index is 8.94. The Morgan fingerprint density at radius 3 is 2.52 bits per heavy atom. The molecule has 0 spiro atoms. The van der Waals surface area contributed by atoms with Crippen molar-refractivity contribution in [2.75, 3.05) is 45.9 Å². The molecule has 2 rings (SSSR count). The van der Waals surface area contributed by atoms with E-state index in [1.165, 1.54) is 19.4 Å². The standard InChI is InChI=1S/C15H30N4O2/c1-2-3-14(15(16)17-20)19-8-6-18(7-9-19)12-13-4-10-21-11-5-13/h13-14,20H,2-12H2,1H3,(H2,16,17). The van der Waals surface area contributed by atoms with Crippen LogP contribution in [0.25, 0.3) is 0 Å². The van der Waals surface area contributed by atoms with Crippen molar-refractivity contribution in [3.05, 3.63) is 0 Å². The summed E-state index contributed by atoms with van der Waals surface area (Å²) in [6.07, 6.45) is 4.39. The minimum atomic E-state index is 0.0882. The van der Waals surface area contributed by atoms with Crippen LogP contribution in [-0.2, 0) is 4.74 Å². The SMILES string of the molecule is CCCC(C(N)=NO)N1CCN(CC2CCOCC2)CC1. The molecule has 0 saturated carbocycles. The van der Waals surface area contributed by atoms with E-state index >= 15 is 0 Å². The second-order valence-corrected chi connectivity index (χ2v) is 6.22. The first-order valence-electron chi connectivity index (χ1n) is 8.26. The molecule has 2 heterocycles. The molecule has 2 saturated heterocycles. The average Bonchev–Trinajstić information content (AvgIpc) is 2.54. The van der Waals surface area contributed by atoms with Gasteiger partial charge in [-0.2, -0.15) is 0 Å². The molecule has 1 unspecified atom stereocenters. The van der Waals surface area contributed by atoms with E-state index in [1.807, 2.05) is 0 Å². The molecule has 0 aromatic rings. The number of hydrogen-bond acceptors (Lipinski definition) is 5. The largest absolute Gasteiger partial charge is 0.409 e. The first-order valence-corrected chi connectivity index (χ1v) is 8.26. The predicted octanol–water partition coefficient (Wildman–Crippen LogP) is 0.946. The molecule has 6 heteroatoms. The van der Waals surface area contributed by atoms with Gasteiger partial charge in [-0.15, -0.1) is 0 Å². The van der Waals surface area contributed by atoms with Crippen LogP contribution in [0.1, 0.15) is 32.6 Å². The third-order valence-electron chi connectivity index (χ3n) is 4.72. The van der Waals surface area contributed by atoms with E-state index in [0.29, 0.717) is 5.84 Å². The number of nitrogens with two attached hydrogens (primary N) is 1. The van der Waals surface area contributed by atoms with Gasteiger partial charge in [0.15, 0.2) is 5.84 Å². The minimum absolute atomic E-state index is 0.0882. The third kappa shape index (κ3) is 4.83. The van der Waals surface area contributed by atoms with E-state index in [0.717, 1.165) is 58.2 Å². The van der Waals surface area contributed by atoms with Gasteiger partial charge in [0, 0.05) is 45.9 Å². The molecule has 6 nitrogen and oxygen atoms in total. The van der Waals surface area contributed by atoms with Gasteiger partial charge in [0.05, 0.1) is 6.04 Å². The quantitative estimate of drug-likeness (QED) is 0.330. The monoisotopic (exact) mass is 298 g/mol. The average molecular weight is 298 g/mol. The summed E-state index contributed by atoms with van der Waals surface area (Å²) in [7, 11) is 0. The number of ether oxygens (including phenoxy) is 1. The zero-order valence-electron chi connectivity index (χ0n) is 13.2. The van der Waals surface area contributed by atoms with Gasteiger partial charge in [0.1, 0.15) is 0 Å². The number of oxime groups is 1. The Balaban J connectivity index is 1.78. The van der Waals surface area contributed by atoms with E-state index in [9.17, 15) is 0 Å². The van der Waals surface area contributed by atoms with Crippen molar-refractivity contribution in [1.29, 1.82) is 0 Å². The van der Waals surface area contributed by atoms with Gasteiger partial charge in [0.25, 0.3) is 0 Å². The fourth-order valence-electron chi connectivity index (χ4n) is 3.41. The Hall–Kier alpha value is -0.850. The Labute approximate surface area is 127 Å². The lowest BCUT2D eigenvalue weighted by molar-refractivity contribution is 0.0396. The van der Waals surface area contributed by atoms with Crippen molar-refractivity contribution in [2.45, 2.75) is 38.6 Å². The minimum Gasteiger partial charge on any atom is -0.409 e. The first kappa shape index (κ1) is 16.5. The highest BCUT2D eigenvalue weighted by molar-refractivity contribution is 5.85. The van der Waals surface area contributed by atoms with E-state index < -0.39 is 0 Å². The summed E-state index contributed by atoms with van der Waals surface area (Å²) in [6.45, 7) is 9.35. The van der Waals surface area contributed by atoms with Crippen LogP contribution < -0.4 is 5.73 Å². The molecule has 3 N–H and O–H groups in total. The summed E-state index contributed by atoms with van der Waals surface area (Å²) in [5.74, 6) is 1.15. The van der Waals surface area contributed by atoms with E-state index in [4.69, 9.17) is 15.7 Å². The summed E-state index contributed by atoms with van der Waals surface area (Å²) in [6, 6.07) is 0.0882. The number of hydrogen-bond donors (Lipinski definition) is 2. The number of piperazine rings is 1. The van der Waals surface area contributed by atoms with Gasteiger partial charge in [-0.3, -0.25) is 4.90 Å². The normalized spacial score (nSPS) is 25.1. The molecule has 0 bridgehead atoms. The summed E-state index contributed by atoms with van der Waals surface area (Å²) in [5.41, 5.74) is 5.85. The van der Waals surface area contributed by atoms with Crippen LogP contribution in [0.2, 0.25) is 0 Å². The van der Waals surface area contributed by atoms with Gasteiger partial charge in [-0.05, 0) is 25.2 Å². The molecule has 122 valence electrons. The van der Waals surface area contributed by atoms with Gasteiger partial charge >= 0.3 is 0 Å². The van der Waals surface area contributed by atoms with E-state index in [1.54, 1.807) is 0 Å². The summed E-state index contributed by atoms with van der Waals surface area (Å²) < 4.78 is 5.43. The molecule has 2 aliphatic rings. The van der Waals surface area contributed by atoms with Crippen LogP contribution >= 0.6 is 0 Å². The van der Waals surface area contributed by atoms with Crippen LogP contribution in [0.4, 0.5) is 0 Å². The maximum Gasteiger partial charge on any atom is 0.156 e. The van der Waals surface area contributed by atoms with E-state index in [-0.39, 0.29) is 6.04 Å². The van der Waals surface area contributed by atoms with Crippen molar-refractivity contribution >= 4 is 5.84 Å². The molecule has 0 amide bonds. The molecule has 0 aliphatic carbocycles. The van der Waals surface area contributed by atoms with Crippen molar-refractivity contribution in [3.63, 3.8) is 0 Å². The Bertz CT molecular complexity index is 324. The van der Waals surface area contributed by atoms with Gasteiger partial charge < -0.3 is 20.6 Å². The molecule has 21 heavy (non-hydrogen) atoms. The zero-order chi connectivity index (χ0) is 15.1. The topological polar surface area (TPSA) is 74.3 Å². The molecular formula is C15H30N4O2. The fourth-order valence-corrected chi connectivity index (χ4v) is 3.41. The highest BCUT2D eigenvalue weighted by Crippen LogP contribution is 2.18. The molecule has 0 aromatic carbocycles. The molecule has 0 aromatic heterocycles. The van der Waals surface area contributed by atoms with Crippen molar-refractivity contribution in [2.24, 2.45) is 16.8 Å². The van der Waals surface area contributed by atoms with Crippen LogP contribution in [0, 0.1) is 5.92 Å². The summed E-state index contributed by atoms with van der Waals surface area (Å²) in [5, 5.41) is 12.2. The summed E-state index contributed by atoms with van der Waals surface area (Å²) >= 11 is 0. The van der Waals surface area contributed by atoms with Gasteiger partial charge in [-0.1, -0.05) is 18.5 Å². The lowest BCUT2D eigenvalue weighted by atomic mass is 9.99. The third-order valence-corrected chi connectivity index (χ3v) is 4.72. The van der Waals surface area contributed by atoms with Crippen LogP contribution in [0.5, 0.6) is 0 Å². The lowest BCUT2D eigenvalue weighted by Crippen LogP contribution is -2.54. The number of amidine groups is 1. The van der Waals surface area contributed by atoms with Crippen LogP contribution in [0.3, 0.4) is 0 Å². The second kappa shape index (κ2) is 8.56. The fraction of sp³-hybridized carbons (Fsp3) is 0.933. The Morgan fingerprint density at radius 2 is 1.95 bits per heavy atom. The van der Waals surface area contributed by atoms with Gasteiger partial charge in [-0.25, -0.2) is 0 Å². The first-order chi connectivity index (χ1) is 10.2. The molecule has 1 atom stereocenters. The second-order valence-electron chi connectivity index (χ2n) is 6.22. The van der Waals surface area contributed by atoms with Crippen molar-refractivity contribution in [1.82, 2.24) is 9.80 Å². The molecule has 0 radical (unpaired) electrons.